The summed E-state index contributed by atoms with van der Waals surface area (Å²) in [5, 5.41) is 9.25. The maximum Gasteiger partial charge on any atom is 0.227 e. The number of carbonyl (C=O) groups excluding carboxylic acids is 2. The number of anilines is 2. The van der Waals surface area contributed by atoms with Gasteiger partial charge in [0.1, 0.15) is 0 Å². The Kier molecular flexibility index (Phi) is 5.20. The van der Waals surface area contributed by atoms with Crippen LogP contribution < -0.4 is 16.0 Å². The van der Waals surface area contributed by atoms with Crippen LogP contribution in [0.2, 0.25) is 5.02 Å². The van der Waals surface area contributed by atoms with E-state index >= 15 is 0 Å². The molecule has 0 aromatic heterocycles. The number of halogens is 1. The molecule has 1 aromatic carbocycles. The molecular weight excluding hydrogens is 290 g/mol. The van der Waals surface area contributed by atoms with E-state index in [1.807, 2.05) is 0 Å². The van der Waals surface area contributed by atoms with Crippen molar-refractivity contribution >= 4 is 34.8 Å². The van der Waals surface area contributed by atoms with Crippen molar-refractivity contribution in [1.29, 1.82) is 0 Å². The fraction of sp³-hybridized carbons (Fsp3) is 0.467. The van der Waals surface area contributed by atoms with Gasteiger partial charge in [-0.15, -0.1) is 0 Å². The molecule has 1 heterocycles. The van der Waals surface area contributed by atoms with Gasteiger partial charge in [0.2, 0.25) is 11.8 Å². The number of piperidine rings is 1. The molecule has 114 valence electrons. The van der Waals surface area contributed by atoms with Crippen LogP contribution in [0.5, 0.6) is 0 Å². The quantitative estimate of drug-likeness (QED) is 0.804. The minimum Gasteiger partial charge on any atom is -0.326 e. The van der Waals surface area contributed by atoms with Crippen LogP contribution in [0.25, 0.3) is 0 Å². The zero-order valence-corrected chi connectivity index (χ0v) is 13.0. The Morgan fingerprint density at radius 3 is 2.71 bits per heavy atom. The summed E-state index contributed by atoms with van der Waals surface area (Å²) >= 11 is 6.09. The number of amides is 2. The molecule has 2 atom stereocenters. The van der Waals surface area contributed by atoms with Crippen molar-refractivity contribution < 1.29 is 9.59 Å². The molecule has 6 heteroatoms. The number of nitrogens with one attached hydrogen (secondary N) is 3. The Morgan fingerprint density at radius 2 is 2.10 bits per heavy atom. The highest BCUT2D eigenvalue weighted by Crippen LogP contribution is 2.26. The second-order valence-electron chi connectivity index (χ2n) is 5.44. The van der Waals surface area contributed by atoms with Crippen molar-refractivity contribution in [3.8, 4) is 0 Å². The van der Waals surface area contributed by atoms with Gasteiger partial charge in [-0.3, -0.25) is 9.59 Å². The molecule has 0 saturated carbocycles. The van der Waals surface area contributed by atoms with Gasteiger partial charge in [0.15, 0.2) is 0 Å². The second kappa shape index (κ2) is 6.91. The summed E-state index contributed by atoms with van der Waals surface area (Å²) in [7, 11) is 0. The number of hydrogen-bond acceptors (Lipinski definition) is 3. The highest BCUT2D eigenvalue weighted by molar-refractivity contribution is 6.34. The molecule has 2 unspecified atom stereocenters. The normalized spacial score (nSPS) is 21.7. The van der Waals surface area contributed by atoms with Gasteiger partial charge in [0.25, 0.3) is 0 Å². The van der Waals surface area contributed by atoms with E-state index < -0.39 is 0 Å². The molecule has 0 spiro atoms. The minimum absolute atomic E-state index is 0.0201. The van der Waals surface area contributed by atoms with E-state index in [1.54, 1.807) is 18.2 Å². The fourth-order valence-corrected chi connectivity index (χ4v) is 2.73. The van der Waals surface area contributed by atoms with Gasteiger partial charge in [-0.2, -0.15) is 0 Å². The molecule has 1 aliphatic heterocycles. The van der Waals surface area contributed by atoms with Gasteiger partial charge in [-0.05, 0) is 44.5 Å². The number of hydrogen-bond donors (Lipinski definition) is 3. The molecule has 1 saturated heterocycles. The summed E-state index contributed by atoms with van der Waals surface area (Å²) in [5.74, 6) is -0.140. The van der Waals surface area contributed by atoms with Crippen LogP contribution in [0.1, 0.15) is 26.7 Å². The van der Waals surface area contributed by atoms with E-state index in [0.29, 0.717) is 22.4 Å². The average molecular weight is 310 g/mol. The fourth-order valence-electron chi connectivity index (χ4n) is 2.50. The van der Waals surface area contributed by atoms with E-state index in [4.69, 9.17) is 11.6 Å². The second-order valence-corrected chi connectivity index (χ2v) is 5.85. The summed E-state index contributed by atoms with van der Waals surface area (Å²) in [6.07, 6.45) is 1.68. The predicted molar refractivity (Wildman–Crippen MR) is 84.6 cm³/mol. The maximum atomic E-state index is 12.2. The van der Waals surface area contributed by atoms with E-state index in [1.165, 1.54) is 6.92 Å². The molecule has 1 aromatic rings. The molecule has 3 N–H and O–H groups in total. The monoisotopic (exact) mass is 309 g/mol. The molecular formula is C15H20ClN3O2. The van der Waals surface area contributed by atoms with Gasteiger partial charge in [0.05, 0.1) is 10.7 Å². The smallest absolute Gasteiger partial charge is 0.227 e. The maximum absolute atomic E-state index is 12.2. The van der Waals surface area contributed by atoms with Crippen molar-refractivity contribution in [1.82, 2.24) is 5.32 Å². The van der Waals surface area contributed by atoms with Gasteiger partial charge in [-0.1, -0.05) is 11.6 Å². The number of benzene rings is 1. The van der Waals surface area contributed by atoms with Crippen LogP contribution in [-0.4, -0.2) is 24.4 Å². The lowest BCUT2D eigenvalue weighted by Gasteiger charge is -2.27. The van der Waals surface area contributed by atoms with Crippen molar-refractivity contribution in [3.63, 3.8) is 0 Å². The van der Waals surface area contributed by atoms with Gasteiger partial charge >= 0.3 is 0 Å². The molecule has 0 bridgehead atoms. The topological polar surface area (TPSA) is 70.2 Å². The van der Waals surface area contributed by atoms with Crippen molar-refractivity contribution in [2.24, 2.45) is 5.92 Å². The highest BCUT2D eigenvalue weighted by atomic mass is 35.5. The summed E-state index contributed by atoms with van der Waals surface area (Å²) < 4.78 is 0. The Labute approximate surface area is 129 Å². The Bertz CT molecular complexity index is 548. The number of carbonyl (C=O) groups is 2. The molecule has 0 radical (unpaired) electrons. The molecule has 1 fully saturated rings. The average Bonchev–Trinajstić information content (AvgIpc) is 2.41. The van der Waals surface area contributed by atoms with Gasteiger partial charge < -0.3 is 16.0 Å². The summed E-state index contributed by atoms with van der Waals surface area (Å²) in [4.78, 5) is 23.3. The standard InChI is InChI=1S/C15H20ClN3O2/c1-9-7-11(5-6-17-9)15(21)19-12-3-4-14(13(16)8-12)18-10(2)20/h3-4,8-9,11,17H,5-7H2,1-2H3,(H,18,20)(H,19,21). The first-order valence-electron chi connectivity index (χ1n) is 7.07. The van der Waals surface area contributed by atoms with Crippen molar-refractivity contribution in [2.45, 2.75) is 32.7 Å². The molecule has 2 amide bonds. The van der Waals surface area contributed by atoms with Crippen LogP contribution >= 0.6 is 11.6 Å². The molecule has 5 nitrogen and oxygen atoms in total. The summed E-state index contributed by atoms with van der Waals surface area (Å²) in [6.45, 7) is 4.37. The Hall–Kier alpha value is -1.59. The minimum atomic E-state index is -0.183. The van der Waals surface area contributed by atoms with Crippen LogP contribution in [-0.2, 0) is 9.59 Å². The van der Waals surface area contributed by atoms with Crippen LogP contribution in [0.4, 0.5) is 11.4 Å². The van der Waals surface area contributed by atoms with Crippen LogP contribution in [0, 0.1) is 5.92 Å². The lowest BCUT2D eigenvalue weighted by molar-refractivity contribution is -0.121. The first-order chi connectivity index (χ1) is 9.95. The first kappa shape index (κ1) is 15.8. The van der Waals surface area contributed by atoms with Crippen molar-refractivity contribution in [3.05, 3.63) is 23.2 Å². The summed E-state index contributed by atoms with van der Waals surface area (Å²) in [5.41, 5.74) is 1.18. The molecule has 2 rings (SSSR count). The third kappa shape index (κ3) is 4.44. The summed E-state index contributed by atoms with van der Waals surface area (Å²) in [6, 6.07) is 5.43. The third-order valence-electron chi connectivity index (χ3n) is 3.54. The van der Waals surface area contributed by atoms with Crippen molar-refractivity contribution in [2.75, 3.05) is 17.2 Å². The Morgan fingerprint density at radius 1 is 1.33 bits per heavy atom. The molecule has 0 aliphatic carbocycles. The zero-order valence-electron chi connectivity index (χ0n) is 12.2. The van der Waals surface area contributed by atoms with Gasteiger partial charge in [-0.25, -0.2) is 0 Å². The Balaban J connectivity index is 2.00. The van der Waals surface area contributed by atoms with E-state index in [9.17, 15) is 9.59 Å². The highest BCUT2D eigenvalue weighted by Gasteiger charge is 2.24. The van der Waals surface area contributed by atoms with E-state index in [-0.39, 0.29) is 17.7 Å². The van der Waals surface area contributed by atoms with E-state index in [2.05, 4.69) is 22.9 Å². The van der Waals surface area contributed by atoms with Gasteiger partial charge in [0, 0.05) is 24.6 Å². The SMILES string of the molecule is CC(=O)Nc1ccc(NC(=O)C2CCNC(C)C2)cc1Cl. The predicted octanol–water partition coefficient (Wildman–Crippen LogP) is 2.62. The first-order valence-corrected chi connectivity index (χ1v) is 7.45. The molecule has 1 aliphatic rings. The lowest BCUT2D eigenvalue weighted by Crippen LogP contribution is -2.40. The van der Waals surface area contributed by atoms with Crippen LogP contribution in [0.15, 0.2) is 18.2 Å². The lowest BCUT2D eigenvalue weighted by atomic mass is 9.92. The zero-order chi connectivity index (χ0) is 15.4. The van der Waals surface area contributed by atoms with Crippen LogP contribution in [0.3, 0.4) is 0 Å². The largest absolute Gasteiger partial charge is 0.326 e. The number of rotatable bonds is 3. The third-order valence-corrected chi connectivity index (χ3v) is 3.85. The molecule has 21 heavy (non-hydrogen) atoms. The van der Waals surface area contributed by atoms with E-state index in [0.717, 1.165) is 19.4 Å².